The van der Waals surface area contributed by atoms with E-state index in [1.165, 1.54) is 17.3 Å². The number of carbonyl (C=O) groups excluding carboxylic acids is 3. The number of amides is 2. The maximum Gasteiger partial charge on any atom is 0.322 e. The zero-order chi connectivity index (χ0) is 28.0. The second kappa shape index (κ2) is 12.9. The lowest BCUT2D eigenvalue weighted by Gasteiger charge is -2.23. The first-order chi connectivity index (χ1) is 17.9. The van der Waals surface area contributed by atoms with Gasteiger partial charge in [0, 0.05) is 23.8 Å². The van der Waals surface area contributed by atoms with Crippen LogP contribution in [0.4, 0.5) is 0 Å². The van der Waals surface area contributed by atoms with E-state index in [0.717, 1.165) is 25.7 Å². The molecule has 0 aromatic heterocycles. The van der Waals surface area contributed by atoms with Crippen molar-refractivity contribution in [1.29, 1.82) is 0 Å². The first-order valence-corrected chi connectivity index (χ1v) is 14.0. The topological polar surface area (TPSA) is 198 Å². The number of carbonyl (C=O) groups is 5. The number of hydrogen-bond acceptors (Lipinski definition) is 9. The van der Waals surface area contributed by atoms with Gasteiger partial charge in [0.05, 0.1) is 11.5 Å². The van der Waals surface area contributed by atoms with Crippen LogP contribution < -0.4 is 16.4 Å². The number of epoxide rings is 1. The highest BCUT2D eigenvalue weighted by atomic mass is 32.2. The maximum atomic E-state index is 12.9. The molecule has 13 heteroatoms. The van der Waals surface area contributed by atoms with Crippen LogP contribution >= 0.6 is 11.8 Å². The summed E-state index contributed by atoms with van der Waals surface area (Å²) in [4.78, 5) is 59.6. The minimum absolute atomic E-state index is 0.0466. The lowest BCUT2D eigenvalue weighted by Crippen LogP contribution is -2.49. The number of ether oxygens (including phenoxy) is 2. The van der Waals surface area contributed by atoms with Crippen LogP contribution in [-0.2, 0) is 33.4 Å². The van der Waals surface area contributed by atoms with Gasteiger partial charge in [-0.3, -0.25) is 24.0 Å². The Labute approximate surface area is 225 Å². The predicted molar refractivity (Wildman–Crippen MR) is 137 cm³/mol. The Bertz CT molecular complexity index is 974. The zero-order valence-corrected chi connectivity index (χ0v) is 22.5. The lowest BCUT2D eigenvalue weighted by atomic mass is 9.81. The Hall–Kier alpha value is -2.64. The fourth-order valence-electron chi connectivity index (χ4n) is 4.99. The molecular formula is C25H37N3O9S. The van der Waals surface area contributed by atoms with Crippen LogP contribution in [0.15, 0.2) is 11.6 Å². The normalized spacial score (nSPS) is 30.0. The van der Waals surface area contributed by atoms with Gasteiger partial charge in [0.2, 0.25) is 11.8 Å². The van der Waals surface area contributed by atoms with Crippen molar-refractivity contribution >= 4 is 41.5 Å². The fourth-order valence-corrected chi connectivity index (χ4v) is 6.23. The number of fused-ring (bicyclic) bond motifs is 3. The van der Waals surface area contributed by atoms with E-state index >= 15 is 0 Å². The molecule has 212 valence electrons. The summed E-state index contributed by atoms with van der Waals surface area (Å²) in [6.45, 7) is 3.51. The molecule has 0 spiro atoms. The van der Waals surface area contributed by atoms with Gasteiger partial charge in [-0.15, -0.1) is 0 Å². The van der Waals surface area contributed by atoms with Crippen molar-refractivity contribution < 1.29 is 43.7 Å². The predicted octanol–water partition coefficient (Wildman–Crippen LogP) is 0.433. The molecule has 0 aromatic carbocycles. The van der Waals surface area contributed by atoms with E-state index in [4.69, 9.17) is 25.4 Å². The minimum Gasteiger partial charge on any atom is -0.480 e. The second-order valence-electron chi connectivity index (χ2n) is 10.4. The lowest BCUT2D eigenvalue weighted by molar-refractivity contribution is -0.144. The summed E-state index contributed by atoms with van der Waals surface area (Å²) in [5.74, 6) is -4.07. The van der Waals surface area contributed by atoms with Crippen LogP contribution in [0.25, 0.3) is 0 Å². The van der Waals surface area contributed by atoms with Crippen molar-refractivity contribution in [2.45, 2.75) is 82.3 Å². The van der Waals surface area contributed by atoms with Crippen molar-refractivity contribution in [1.82, 2.24) is 10.6 Å². The highest BCUT2D eigenvalue weighted by Gasteiger charge is 2.62. The van der Waals surface area contributed by atoms with Crippen LogP contribution in [0, 0.1) is 11.8 Å². The number of aliphatic carboxylic acids is 2. The molecule has 12 nitrogen and oxygen atoms in total. The maximum absolute atomic E-state index is 12.9. The average Bonchev–Trinajstić information content (AvgIpc) is 3.42. The zero-order valence-electron chi connectivity index (χ0n) is 21.6. The van der Waals surface area contributed by atoms with Crippen molar-refractivity contribution in [2.75, 3.05) is 18.1 Å². The standard InChI is InChI=1S/C25H37N3O9S/c1-13-4-3-9-25(2)21(37-25)20-14(6-5-13)15(24(35)36-20)11-38-12-17(22(32)27-10-19(30)31)28-18(29)8-7-16(26)23(33)34/h4,14-17,20-21H,3,5-12,26H2,1-2H3,(H,27,32)(H,28,29)(H,30,31)(H,33,34). The van der Waals surface area contributed by atoms with E-state index in [9.17, 15) is 24.0 Å². The van der Waals surface area contributed by atoms with E-state index in [1.54, 1.807) is 0 Å². The van der Waals surface area contributed by atoms with Crippen LogP contribution in [0.5, 0.6) is 0 Å². The third kappa shape index (κ3) is 7.93. The Kier molecular flexibility index (Phi) is 10.2. The van der Waals surface area contributed by atoms with Gasteiger partial charge in [0.1, 0.15) is 30.8 Å². The highest BCUT2D eigenvalue weighted by molar-refractivity contribution is 7.99. The molecule has 3 rings (SSSR count). The Morgan fingerprint density at radius 2 is 2.03 bits per heavy atom. The van der Waals surface area contributed by atoms with E-state index in [0.29, 0.717) is 5.75 Å². The molecule has 2 fully saturated rings. The summed E-state index contributed by atoms with van der Waals surface area (Å²) in [6, 6.07) is -2.30. The molecule has 38 heavy (non-hydrogen) atoms. The van der Waals surface area contributed by atoms with Gasteiger partial charge in [-0.05, 0) is 46.0 Å². The number of carboxylic acid groups (broad SMARTS) is 2. The molecule has 0 bridgehead atoms. The second-order valence-corrected chi connectivity index (χ2v) is 11.5. The van der Waals surface area contributed by atoms with E-state index < -0.39 is 48.3 Å². The van der Waals surface area contributed by atoms with Crippen LogP contribution in [0.3, 0.4) is 0 Å². The number of hydrogen-bond donors (Lipinski definition) is 5. The smallest absolute Gasteiger partial charge is 0.322 e. The molecular weight excluding hydrogens is 518 g/mol. The quantitative estimate of drug-likeness (QED) is 0.127. The third-order valence-electron chi connectivity index (χ3n) is 7.39. The van der Waals surface area contributed by atoms with Crippen molar-refractivity contribution in [3.63, 3.8) is 0 Å². The van der Waals surface area contributed by atoms with Crippen LogP contribution in [0.2, 0.25) is 0 Å². The molecule has 0 radical (unpaired) electrons. The molecule has 2 amide bonds. The number of allylic oxidation sites excluding steroid dienone is 2. The number of rotatable bonds is 12. The Morgan fingerprint density at radius 1 is 1.29 bits per heavy atom. The molecule has 0 saturated carbocycles. The van der Waals surface area contributed by atoms with Gasteiger partial charge in [0.15, 0.2) is 0 Å². The van der Waals surface area contributed by atoms with Gasteiger partial charge in [0.25, 0.3) is 0 Å². The van der Waals surface area contributed by atoms with Gasteiger partial charge >= 0.3 is 17.9 Å². The molecule has 3 aliphatic rings. The SMILES string of the molecule is CC1=CCCC2(C)OC2C2OC(=O)C(CSCC(NC(=O)CCC(N)C(=O)O)C(=O)NCC(=O)O)C2CC1. The van der Waals surface area contributed by atoms with Crippen molar-refractivity contribution in [3.05, 3.63) is 11.6 Å². The Balaban J connectivity index is 1.62. The number of nitrogens with one attached hydrogen (secondary N) is 2. The number of esters is 1. The first kappa shape index (κ1) is 29.9. The largest absolute Gasteiger partial charge is 0.480 e. The first-order valence-electron chi connectivity index (χ1n) is 12.8. The molecule has 7 unspecified atom stereocenters. The molecule has 0 aromatic rings. The minimum atomic E-state index is -1.24. The monoisotopic (exact) mass is 555 g/mol. The molecule has 6 N–H and O–H groups in total. The molecule has 2 aliphatic heterocycles. The van der Waals surface area contributed by atoms with E-state index in [2.05, 4.69) is 23.6 Å². The van der Waals surface area contributed by atoms with Crippen LogP contribution in [-0.4, -0.2) is 87.9 Å². The van der Waals surface area contributed by atoms with Gasteiger partial charge < -0.3 is 36.1 Å². The third-order valence-corrected chi connectivity index (χ3v) is 8.55. The summed E-state index contributed by atoms with van der Waals surface area (Å²) in [6.07, 6.45) is 4.82. The van der Waals surface area contributed by atoms with Crippen molar-refractivity contribution in [3.8, 4) is 0 Å². The van der Waals surface area contributed by atoms with Gasteiger partial charge in [-0.25, -0.2) is 0 Å². The highest BCUT2D eigenvalue weighted by Crippen LogP contribution is 2.50. The van der Waals surface area contributed by atoms with Gasteiger partial charge in [-0.1, -0.05) is 11.6 Å². The van der Waals surface area contributed by atoms with Crippen molar-refractivity contribution in [2.24, 2.45) is 17.6 Å². The summed E-state index contributed by atoms with van der Waals surface area (Å²) in [5.41, 5.74) is 6.39. The summed E-state index contributed by atoms with van der Waals surface area (Å²) >= 11 is 1.29. The summed E-state index contributed by atoms with van der Waals surface area (Å²) in [7, 11) is 0. The summed E-state index contributed by atoms with van der Waals surface area (Å²) < 4.78 is 11.8. The number of carboxylic acids is 2. The Morgan fingerprint density at radius 3 is 2.71 bits per heavy atom. The molecule has 2 saturated heterocycles. The van der Waals surface area contributed by atoms with E-state index in [1.807, 2.05) is 6.92 Å². The van der Waals surface area contributed by atoms with Gasteiger partial charge in [-0.2, -0.15) is 11.8 Å². The van der Waals surface area contributed by atoms with E-state index in [-0.39, 0.29) is 48.3 Å². The van der Waals surface area contributed by atoms with Crippen LogP contribution in [0.1, 0.15) is 52.4 Å². The average molecular weight is 556 g/mol. The number of thioether (sulfide) groups is 1. The molecule has 2 heterocycles. The molecule has 1 aliphatic carbocycles. The summed E-state index contributed by atoms with van der Waals surface area (Å²) in [5, 5.41) is 22.6. The fraction of sp³-hybridized carbons (Fsp3) is 0.720. The number of nitrogens with two attached hydrogens (primary N) is 1. The molecule has 7 atom stereocenters.